The number of methoxy groups -OCH3 is 1. The lowest BCUT2D eigenvalue weighted by Gasteiger charge is -2.34. The molecule has 1 N–H and O–H groups in total. The Hall–Kier alpha value is -2.88. The fraction of sp³-hybridized carbons (Fsp3) is 0.421. The maximum Gasteiger partial charge on any atom is 0.434 e. The highest BCUT2D eigenvalue weighted by molar-refractivity contribution is 5.90. The Kier molecular flexibility index (Phi) is 4.60. The quantitative estimate of drug-likeness (QED) is 0.763. The second kappa shape index (κ2) is 6.87. The number of phenols is 1. The van der Waals surface area contributed by atoms with Gasteiger partial charge in [-0.1, -0.05) is 0 Å². The minimum Gasteiger partial charge on any atom is -0.508 e. The zero-order valence-electron chi connectivity index (χ0n) is 15.5. The Morgan fingerprint density at radius 3 is 2.69 bits per heavy atom. The van der Waals surface area contributed by atoms with Crippen LogP contribution in [0, 0.1) is 0 Å². The van der Waals surface area contributed by atoms with Crippen molar-refractivity contribution in [2.75, 3.05) is 31.8 Å². The highest BCUT2D eigenvalue weighted by Gasteiger charge is 2.46. The number of fused-ring (bicyclic) bond motifs is 2. The number of alkyl halides is 3. The molecule has 0 bridgehead atoms. The second-order valence-corrected chi connectivity index (χ2v) is 7.10. The first-order chi connectivity index (χ1) is 13.7. The topological polar surface area (TPSA) is 84.8 Å². The third-order valence-corrected chi connectivity index (χ3v) is 5.44. The van der Waals surface area contributed by atoms with E-state index >= 15 is 0 Å². The van der Waals surface area contributed by atoms with Crippen LogP contribution in [-0.2, 0) is 21.1 Å². The van der Waals surface area contributed by atoms with Gasteiger partial charge in [-0.25, -0.2) is 14.8 Å². The maximum absolute atomic E-state index is 13.5. The number of aromatic nitrogens is 2. The molecule has 1 aromatic heterocycles. The van der Waals surface area contributed by atoms with Crippen molar-refractivity contribution in [2.45, 2.75) is 24.4 Å². The smallest absolute Gasteiger partial charge is 0.434 e. The van der Waals surface area contributed by atoms with Crippen LogP contribution in [0.2, 0.25) is 0 Å². The number of rotatable bonds is 2. The van der Waals surface area contributed by atoms with Crippen molar-refractivity contribution in [1.29, 1.82) is 0 Å². The molecule has 1 fully saturated rings. The van der Waals surface area contributed by atoms with Gasteiger partial charge in [-0.15, -0.1) is 0 Å². The van der Waals surface area contributed by atoms with Crippen LogP contribution >= 0.6 is 0 Å². The van der Waals surface area contributed by atoms with E-state index in [0.717, 1.165) is 18.9 Å². The van der Waals surface area contributed by atoms with Crippen molar-refractivity contribution in [2.24, 2.45) is 0 Å². The third-order valence-electron chi connectivity index (χ3n) is 5.44. The highest BCUT2D eigenvalue weighted by atomic mass is 19.4. The normalized spacial score (nSPS) is 18.0. The van der Waals surface area contributed by atoms with Gasteiger partial charge in [0.05, 0.1) is 7.11 Å². The van der Waals surface area contributed by atoms with Crippen LogP contribution in [0.5, 0.6) is 5.75 Å². The number of aromatic hydroxyl groups is 1. The lowest BCUT2D eigenvalue weighted by Crippen LogP contribution is -2.38. The third kappa shape index (κ3) is 3.27. The van der Waals surface area contributed by atoms with Gasteiger partial charge in [0.15, 0.2) is 5.69 Å². The molecule has 7 nitrogen and oxygen atoms in total. The minimum atomic E-state index is -4.85. The van der Waals surface area contributed by atoms with Gasteiger partial charge in [0.1, 0.15) is 11.3 Å². The number of hydrogen-bond donors (Lipinski definition) is 1. The lowest BCUT2D eigenvalue weighted by atomic mass is 9.76. The van der Waals surface area contributed by atoms with Crippen molar-refractivity contribution >= 4 is 17.6 Å². The van der Waals surface area contributed by atoms with Crippen LogP contribution in [0.3, 0.4) is 0 Å². The predicted molar refractivity (Wildman–Crippen MR) is 95.2 cm³/mol. The summed E-state index contributed by atoms with van der Waals surface area (Å²) >= 11 is 0. The van der Waals surface area contributed by atoms with Gasteiger partial charge < -0.3 is 19.5 Å². The van der Waals surface area contributed by atoms with Gasteiger partial charge in [0.2, 0.25) is 5.95 Å². The van der Waals surface area contributed by atoms with E-state index in [0.29, 0.717) is 38.3 Å². The number of benzene rings is 1. The number of halogens is 3. The highest BCUT2D eigenvalue weighted by Crippen LogP contribution is 2.50. The number of anilines is 2. The standard InChI is InChI=1S/C19H18F3N3O4/c1-28-16(27)12-9-23-17(24-15(12)19(20,21)22)25-10-18(4-6-29-7-5-18)13-8-11(26)2-3-14(13)25/h2-3,8-9,26H,4-7,10H2,1H3. The average Bonchev–Trinajstić information content (AvgIpc) is 3.00. The first-order valence-corrected chi connectivity index (χ1v) is 8.96. The maximum atomic E-state index is 13.5. The van der Waals surface area contributed by atoms with Crippen molar-refractivity contribution in [3.8, 4) is 5.75 Å². The van der Waals surface area contributed by atoms with Crippen LogP contribution in [-0.4, -0.2) is 47.9 Å². The molecule has 0 atom stereocenters. The minimum absolute atomic E-state index is 0.0782. The van der Waals surface area contributed by atoms with Crippen LogP contribution in [0.1, 0.15) is 34.5 Å². The molecule has 1 saturated heterocycles. The molecule has 0 unspecified atom stereocenters. The SMILES string of the molecule is COC(=O)c1cnc(N2CC3(CCOCC3)c3cc(O)ccc32)nc1C(F)(F)F. The molecular weight excluding hydrogens is 391 g/mol. The van der Waals surface area contributed by atoms with Gasteiger partial charge in [0.25, 0.3) is 0 Å². The number of nitrogens with zero attached hydrogens (tertiary/aromatic N) is 3. The number of hydrogen-bond acceptors (Lipinski definition) is 7. The molecule has 1 spiro atoms. The van der Waals surface area contributed by atoms with E-state index in [1.165, 1.54) is 6.07 Å². The Balaban J connectivity index is 1.82. The first kappa shape index (κ1) is 19.4. The summed E-state index contributed by atoms with van der Waals surface area (Å²) in [6.45, 7) is 1.38. The van der Waals surface area contributed by atoms with Crippen LogP contribution in [0.25, 0.3) is 0 Å². The van der Waals surface area contributed by atoms with E-state index in [1.54, 1.807) is 17.0 Å². The van der Waals surface area contributed by atoms with E-state index in [4.69, 9.17) is 4.74 Å². The molecule has 2 aromatic rings. The number of ether oxygens (including phenoxy) is 2. The molecule has 4 rings (SSSR count). The summed E-state index contributed by atoms with van der Waals surface area (Å²) in [5, 5.41) is 9.96. The molecule has 0 aliphatic carbocycles. The van der Waals surface area contributed by atoms with Crippen LogP contribution in [0.15, 0.2) is 24.4 Å². The van der Waals surface area contributed by atoms with Crippen molar-refractivity contribution in [3.05, 3.63) is 41.2 Å². The van der Waals surface area contributed by atoms with E-state index in [-0.39, 0.29) is 17.1 Å². The summed E-state index contributed by atoms with van der Waals surface area (Å²) in [6, 6.07) is 4.74. The molecule has 3 heterocycles. The fourth-order valence-corrected chi connectivity index (χ4v) is 4.00. The monoisotopic (exact) mass is 409 g/mol. The van der Waals surface area contributed by atoms with E-state index < -0.39 is 23.4 Å². The number of phenolic OH excluding ortho intramolecular Hbond substituents is 1. The largest absolute Gasteiger partial charge is 0.508 e. The number of carbonyl (C=O) groups excluding carboxylic acids is 1. The van der Waals surface area contributed by atoms with E-state index in [9.17, 15) is 23.1 Å². The Morgan fingerprint density at radius 1 is 1.31 bits per heavy atom. The van der Waals surface area contributed by atoms with Gasteiger partial charge >= 0.3 is 12.1 Å². The molecule has 0 radical (unpaired) electrons. The van der Waals surface area contributed by atoms with Gasteiger partial charge in [-0.05, 0) is 36.6 Å². The summed E-state index contributed by atoms with van der Waals surface area (Å²) in [5.74, 6) is -1.24. The predicted octanol–water partition coefficient (Wildman–Crippen LogP) is 3.19. The van der Waals surface area contributed by atoms with Crippen molar-refractivity contribution in [1.82, 2.24) is 9.97 Å². The summed E-state index contributed by atoms with van der Waals surface area (Å²) < 4.78 is 50.5. The summed E-state index contributed by atoms with van der Waals surface area (Å²) in [4.78, 5) is 21.0. The number of carbonyl (C=O) groups is 1. The first-order valence-electron chi connectivity index (χ1n) is 8.96. The summed E-state index contributed by atoms with van der Waals surface area (Å²) in [6.07, 6.45) is -2.69. The summed E-state index contributed by atoms with van der Waals surface area (Å²) in [7, 11) is 0.995. The number of esters is 1. The van der Waals surface area contributed by atoms with Gasteiger partial charge in [-0.2, -0.15) is 13.2 Å². The summed E-state index contributed by atoms with van der Waals surface area (Å²) in [5.41, 5.74) is -1.01. The Bertz CT molecular complexity index is 958. The second-order valence-electron chi connectivity index (χ2n) is 7.10. The van der Waals surface area contributed by atoms with Crippen molar-refractivity contribution in [3.63, 3.8) is 0 Å². The van der Waals surface area contributed by atoms with Gasteiger partial charge in [0, 0.05) is 37.1 Å². The molecule has 0 saturated carbocycles. The molecule has 1 aromatic carbocycles. The van der Waals surface area contributed by atoms with E-state index in [2.05, 4.69) is 14.7 Å². The molecule has 2 aliphatic heterocycles. The Labute approximate surface area is 164 Å². The molecule has 0 amide bonds. The fourth-order valence-electron chi connectivity index (χ4n) is 4.00. The molecular formula is C19H18F3N3O4. The molecule has 154 valence electrons. The zero-order valence-corrected chi connectivity index (χ0v) is 15.5. The molecule has 10 heteroatoms. The molecule has 2 aliphatic rings. The molecule has 29 heavy (non-hydrogen) atoms. The average molecular weight is 409 g/mol. The lowest BCUT2D eigenvalue weighted by molar-refractivity contribution is -0.141. The van der Waals surface area contributed by atoms with Crippen LogP contribution < -0.4 is 4.90 Å². The van der Waals surface area contributed by atoms with Crippen LogP contribution in [0.4, 0.5) is 24.8 Å². The zero-order chi connectivity index (χ0) is 20.8. The van der Waals surface area contributed by atoms with Gasteiger partial charge in [-0.3, -0.25) is 0 Å². The van der Waals surface area contributed by atoms with Crippen molar-refractivity contribution < 1.29 is 32.5 Å². The van der Waals surface area contributed by atoms with E-state index in [1.807, 2.05) is 0 Å². The Morgan fingerprint density at radius 2 is 2.03 bits per heavy atom.